The van der Waals surface area contributed by atoms with Crippen LogP contribution in [0.4, 0.5) is 10.1 Å². The molecule has 2 aliphatic rings. The number of fused-ring (bicyclic) bond motifs is 1. The maximum atomic E-state index is 13.4. The maximum absolute atomic E-state index is 13.4. The largest absolute Gasteiger partial charge is 0.487 e. The van der Waals surface area contributed by atoms with Crippen LogP contribution in [0, 0.1) is 23.1 Å². The van der Waals surface area contributed by atoms with Gasteiger partial charge in [0.2, 0.25) is 5.91 Å². The number of anilines is 1. The van der Waals surface area contributed by atoms with Crippen molar-refractivity contribution < 1.29 is 13.9 Å². The Morgan fingerprint density at radius 1 is 1.57 bits per heavy atom. The number of rotatable bonds is 4. The molecule has 1 fully saturated rings. The first-order valence-electron chi connectivity index (χ1n) is 7.84. The summed E-state index contributed by atoms with van der Waals surface area (Å²) < 4.78 is 19.0. The molecule has 0 bridgehead atoms. The number of halogens is 1. The number of amides is 1. The normalized spacial score (nSPS) is 22.3. The van der Waals surface area contributed by atoms with E-state index in [0.717, 1.165) is 12.8 Å². The molecule has 0 saturated heterocycles. The van der Waals surface area contributed by atoms with Crippen molar-refractivity contribution in [2.45, 2.75) is 38.3 Å². The average molecular weight is 317 g/mol. The highest BCUT2D eigenvalue weighted by Crippen LogP contribution is 2.39. The molecule has 0 aromatic heterocycles. The van der Waals surface area contributed by atoms with Crippen molar-refractivity contribution in [1.29, 1.82) is 5.26 Å². The fourth-order valence-corrected chi connectivity index (χ4v) is 3.04. The minimum atomic E-state index is -0.805. The zero-order valence-electron chi connectivity index (χ0n) is 13.3. The van der Waals surface area contributed by atoms with Gasteiger partial charge in [0.25, 0.3) is 0 Å². The number of hydrogen-bond donors (Lipinski definition) is 1. The maximum Gasteiger partial charge on any atom is 0.240 e. The molecule has 1 aliphatic heterocycles. The van der Waals surface area contributed by atoms with Crippen molar-refractivity contribution in [1.82, 2.24) is 5.32 Å². The van der Waals surface area contributed by atoms with Crippen molar-refractivity contribution in [3.8, 4) is 11.8 Å². The highest BCUT2D eigenvalue weighted by molar-refractivity contribution is 5.83. The van der Waals surface area contributed by atoms with Crippen LogP contribution in [0.3, 0.4) is 0 Å². The number of ether oxygens (including phenoxy) is 1. The zero-order valence-corrected chi connectivity index (χ0v) is 13.3. The van der Waals surface area contributed by atoms with Crippen molar-refractivity contribution in [2.75, 3.05) is 18.0 Å². The second-order valence-corrected chi connectivity index (χ2v) is 6.56. The summed E-state index contributed by atoms with van der Waals surface area (Å²) in [5.74, 6) is 0.113. The Balaban J connectivity index is 1.73. The first-order chi connectivity index (χ1) is 10.9. The molecule has 1 N–H and O–H groups in total. The average Bonchev–Trinajstić information content (AvgIpc) is 3.31. The smallest absolute Gasteiger partial charge is 0.240 e. The minimum absolute atomic E-state index is 0.121. The molecule has 23 heavy (non-hydrogen) atoms. The molecular weight excluding hydrogens is 297 g/mol. The van der Waals surface area contributed by atoms with Gasteiger partial charge in [0.05, 0.1) is 24.8 Å². The van der Waals surface area contributed by atoms with Crippen molar-refractivity contribution in [3.05, 3.63) is 24.0 Å². The molecule has 5 nitrogen and oxygen atoms in total. The molecule has 0 unspecified atom stereocenters. The van der Waals surface area contributed by atoms with E-state index in [4.69, 9.17) is 4.74 Å². The van der Waals surface area contributed by atoms with E-state index in [1.54, 1.807) is 13.0 Å². The van der Waals surface area contributed by atoms with Crippen molar-refractivity contribution in [3.63, 3.8) is 0 Å². The number of nitrogens with one attached hydrogen (secondary N) is 1. The Bertz CT molecular complexity index is 668. The van der Waals surface area contributed by atoms with Crippen LogP contribution in [0.15, 0.2) is 18.2 Å². The van der Waals surface area contributed by atoms with Gasteiger partial charge in [0.15, 0.2) is 0 Å². The summed E-state index contributed by atoms with van der Waals surface area (Å²) in [6.07, 6.45) is 1.81. The van der Waals surface area contributed by atoms with Gasteiger partial charge >= 0.3 is 0 Å². The van der Waals surface area contributed by atoms with Gasteiger partial charge in [-0.1, -0.05) is 0 Å². The van der Waals surface area contributed by atoms with Gasteiger partial charge in [-0.05, 0) is 44.7 Å². The Labute approximate surface area is 135 Å². The van der Waals surface area contributed by atoms with Crippen LogP contribution < -0.4 is 15.0 Å². The van der Waals surface area contributed by atoms with E-state index in [1.807, 2.05) is 11.8 Å². The summed E-state index contributed by atoms with van der Waals surface area (Å²) in [6.45, 7) is 4.31. The second kappa shape index (κ2) is 5.73. The summed E-state index contributed by atoms with van der Waals surface area (Å²) in [4.78, 5) is 14.2. The highest BCUT2D eigenvalue weighted by Gasteiger charge is 2.43. The third kappa shape index (κ3) is 3.24. The van der Waals surface area contributed by atoms with Crippen LogP contribution in [-0.4, -0.2) is 30.6 Å². The summed E-state index contributed by atoms with van der Waals surface area (Å²) in [6, 6.07) is 6.53. The molecule has 1 aliphatic carbocycles. The van der Waals surface area contributed by atoms with E-state index in [9.17, 15) is 14.4 Å². The monoisotopic (exact) mass is 317 g/mol. The molecule has 0 radical (unpaired) electrons. The molecule has 1 aromatic carbocycles. The molecular formula is C17H20FN3O2. The van der Waals surface area contributed by atoms with E-state index in [1.165, 1.54) is 12.1 Å². The fraction of sp³-hybridized carbons (Fsp3) is 0.529. The number of carbonyl (C=O) groups is 1. The van der Waals surface area contributed by atoms with E-state index < -0.39 is 5.54 Å². The first-order valence-corrected chi connectivity index (χ1v) is 7.84. The van der Waals surface area contributed by atoms with Crippen molar-refractivity contribution >= 4 is 11.6 Å². The Morgan fingerprint density at radius 3 is 2.96 bits per heavy atom. The number of carbonyl (C=O) groups excluding carboxylic acids is 1. The molecule has 1 heterocycles. The number of nitriles is 1. The van der Waals surface area contributed by atoms with E-state index >= 15 is 0 Å². The molecule has 6 heteroatoms. The summed E-state index contributed by atoms with van der Waals surface area (Å²) in [5.41, 5.74) is -0.106. The van der Waals surface area contributed by atoms with Gasteiger partial charge in [-0.25, -0.2) is 4.39 Å². The van der Waals surface area contributed by atoms with Crippen molar-refractivity contribution in [2.24, 2.45) is 5.92 Å². The third-order valence-electron chi connectivity index (χ3n) is 4.43. The lowest BCUT2D eigenvalue weighted by Gasteiger charge is -2.35. The van der Waals surface area contributed by atoms with Gasteiger partial charge < -0.3 is 15.0 Å². The van der Waals surface area contributed by atoms with Gasteiger partial charge in [0.1, 0.15) is 23.2 Å². The van der Waals surface area contributed by atoms with Gasteiger partial charge in [-0.15, -0.1) is 0 Å². The molecule has 2 atom stereocenters. The summed E-state index contributed by atoms with van der Waals surface area (Å²) in [5, 5.41) is 12.2. The topological polar surface area (TPSA) is 65.4 Å². The molecule has 1 amide bonds. The fourth-order valence-electron chi connectivity index (χ4n) is 3.04. The standard InChI is InChI=1S/C17H20FN3O2/c1-11-8-21(14-6-5-13(18)7-15(14)23-11)9-16(22)20-17(2,10-19)12-3-4-12/h5-7,11-12H,3-4,8-9H2,1-2H3,(H,20,22)/t11-,17+/m1/s1. The van der Waals surface area contributed by atoms with Crippen LogP contribution in [0.5, 0.6) is 5.75 Å². The molecule has 122 valence electrons. The lowest BCUT2D eigenvalue weighted by Crippen LogP contribution is -2.51. The predicted octanol–water partition coefficient (Wildman–Crippen LogP) is 2.22. The van der Waals surface area contributed by atoms with Gasteiger partial charge in [0, 0.05) is 6.07 Å². The minimum Gasteiger partial charge on any atom is -0.487 e. The summed E-state index contributed by atoms with van der Waals surface area (Å²) >= 11 is 0. The third-order valence-corrected chi connectivity index (χ3v) is 4.43. The highest BCUT2D eigenvalue weighted by atomic mass is 19.1. The Hall–Kier alpha value is -2.29. The number of nitrogens with zero attached hydrogens (tertiary/aromatic N) is 2. The van der Waals surface area contributed by atoms with E-state index in [0.29, 0.717) is 18.0 Å². The lowest BCUT2D eigenvalue weighted by molar-refractivity contribution is -0.121. The van der Waals surface area contributed by atoms with Crippen LogP contribution in [0.25, 0.3) is 0 Å². The first kappa shape index (κ1) is 15.6. The number of hydrogen-bond acceptors (Lipinski definition) is 4. The molecule has 0 spiro atoms. The quantitative estimate of drug-likeness (QED) is 0.925. The van der Waals surface area contributed by atoms with Gasteiger partial charge in [-0.2, -0.15) is 5.26 Å². The van der Waals surface area contributed by atoms with Crippen LogP contribution in [0.2, 0.25) is 0 Å². The van der Waals surface area contributed by atoms with E-state index in [2.05, 4.69) is 11.4 Å². The Kier molecular flexibility index (Phi) is 3.88. The van der Waals surface area contributed by atoms with Crippen LogP contribution >= 0.6 is 0 Å². The molecule has 1 saturated carbocycles. The van der Waals surface area contributed by atoms with Crippen LogP contribution in [0.1, 0.15) is 26.7 Å². The zero-order chi connectivity index (χ0) is 16.6. The lowest BCUT2D eigenvalue weighted by atomic mass is 9.98. The Morgan fingerprint density at radius 2 is 2.30 bits per heavy atom. The van der Waals surface area contributed by atoms with Crippen LogP contribution in [-0.2, 0) is 4.79 Å². The second-order valence-electron chi connectivity index (χ2n) is 6.56. The van der Waals surface area contributed by atoms with E-state index in [-0.39, 0.29) is 30.3 Å². The predicted molar refractivity (Wildman–Crippen MR) is 83.6 cm³/mol. The SMILES string of the molecule is C[C@@H]1CN(CC(=O)N[C@@](C)(C#N)C2CC2)c2ccc(F)cc2O1. The molecule has 1 aromatic rings. The summed E-state index contributed by atoms with van der Waals surface area (Å²) in [7, 11) is 0. The molecule has 3 rings (SSSR count). The number of benzene rings is 1. The van der Waals surface area contributed by atoms with Gasteiger partial charge in [-0.3, -0.25) is 4.79 Å².